The van der Waals surface area contributed by atoms with E-state index in [1.165, 1.54) is 0 Å². The van der Waals surface area contributed by atoms with Crippen LogP contribution in [0.2, 0.25) is 0 Å². The number of hydrogen-bond acceptors (Lipinski definition) is 7. The smallest absolute Gasteiger partial charge is 0.246 e. The van der Waals surface area contributed by atoms with Crippen molar-refractivity contribution in [2.45, 2.75) is 33.1 Å². The Morgan fingerprint density at radius 1 is 1.26 bits per heavy atom. The Balaban J connectivity index is 1.29. The number of rotatable bonds is 6. The molecular formula is C23H26N6OS. The van der Waals surface area contributed by atoms with Crippen molar-refractivity contribution in [1.82, 2.24) is 24.8 Å². The number of aromatic nitrogens is 4. The molecule has 1 saturated heterocycles. The standard InChI is InChI=1S/C23H26N6OS/c1-16-4-3-9-24-23(16)28-21-13-20(25-15-26-21)12-18-7-10-29(11-8-18)22(30)6-5-19-14-31-17(2)27-19/h3-6,9,13-15,18H,7-8,10-12H2,1-2H3,(H,24,25,26,28). The van der Waals surface area contributed by atoms with Gasteiger partial charge in [-0.3, -0.25) is 4.79 Å². The van der Waals surface area contributed by atoms with Crippen molar-refractivity contribution in [2.75, 3.05) is 18.4 Å². The largest absolute Gasteiger partial charge is 0.339 e. The number of pyridine rings is 1. The number of amides is 1. The maximum Gasteiger partial charge on any atom is 0.246 e. The summed E-state index contributed by atoms with van der Waals surface area (Å²) in [5, 5.41) is 6.24. The highest BCUT2D eigenvalue weighted by atomic mass is 32.1. The van der Waals surface area contributed by atoms with Gasteiger partial charge in [0, 0.05) is 42.5 Å². The number of carbonyl (C=O) groups excluding carboxylic acids is 1. The zero-order chi connectivity index (χ0) is 21.6. The molecule has 160 valence electrons. The van der Waals surface area contributed by atoms with Crippen LogP contribution in [0.25, 0.3) is 6.08 Å². The molecule has 7 nitrogen and oxygen atoms in total. The van der Waals surface area contributed by atoms with Gasteiger partial charge in [-0.15, -0.1) is 11.3 Å². The molecule has 0 bridgehead atoms. The van der Waals surface area contributed by atoms with Crippen molar-refractivity contribution in [2.24, 2.45) is 5.92 Å². The molecule has 1 N–H and O–H groups in total. The third-order valence-corrected chi connectivity index (χ3v) is 6.23. The van der Waals surface area contributed by atoms with Gasteiger partial charge in [-0.1, -0.05) is 6.07 Å². The second kappa shape index (κ2) is 9.78. The van der Waals surface area contributed by atoms with Gasteiger partial charge in [0.15, 0.2) is 0 Å². The summed E-state index contributed by atoms with van der Waals surface area (Å²) in [6.07, 6.45) is 9.63. The molecule has 3 aromatic rings. The molecule has 1 amide bonds. The molecule has 1 aliphatic rings. The Kier molecular flexibility index (Phi) is 6.66. The van der Waals surface area contributed by atoms with Crippen molar-refractivity contribution in [3.63, 3.8) is 0 Å². The first-order valence-electron chi connectivity index (χ1n) is 10.5. The minimum absolute atomic E-state index is 0.0587. The zero-order valence-electron chi connectivity index (χ0n) is 17.8. The van der Waals surface area contributed by atoms with Crippen LogP contribution in [-0.4, -0.2) is 43.8 Å². The Morgan fingerprint density at radius 3 is 2.84 bits per heavy atom. The van der Waals surface area contributed by atoms with Crippen LogP contribution in [0.4, 0.5) is 11.6 Å². The molecule has 4 rings (SSSR count). The molecular weight excluding hydrogens is 408 g/mol. The lowest BCUT2D eigenvalue weighted by Crippen LogP contribution is -2.38. The molecule has 0 aliphatic carbocycles. The topological polar surface area (TPSA) is 83.9 Å². The fourth-order valence-electron chi connectivity index (χ4n) is 3.69. The number of hydrogen-bond donors (Lipinski definition) is 1. The predicted octanol–water partition coefficient (Wildman–Crippen LogP) is 4.18. The number of piperidine rings is 1. The van der Waals surface area contributed by atoms with E-state index in [0.717, 1.165) is 65.9 Å². The highest BCUT2D eigenvalue weighted by Crippen LogP contribution is 2.23. The summed E-state index contributed by atoms with van der Waals surface area (Å²) in [6, 6.07) is 5.92. The Hall–Kier alpha value is -3.13. The highest BCUT2D eigenvalue weighted by molar-refractivity contribution is 7.09. The SMILES string of the molecule is Cc1nc(C=CC(=O)N2CCC(Cc3cc(Nc4ncccc4C)ncn3)CC2)cs1. The lowest BCUT2D eigenvalue weighted by Gasteiger charge is -2.31. The molecule has 0 aromatic carbocycles. The van der Waals surface area contributed by atoms with Gasteiger partial charge in [-0.2, -0.15) is 0 Å². The second-order valence-corrected chi connectivity index (χ2v) is 8.85. The third kappa shape index (κ3) is 5.73. The van der Waals surface area contributed by atoms with E-state index in [2.05, 4.69) is 25.3 Å². The van der Waals surface area contributed by atoms with Crippen molar-refractivity contribution in [3.05, 3.63) is 64.1 Å². The zero-order valence-corrected chi connectivity index (χ0v) is 18.6. The first-order chi connectivity index (χ1) is 15.1. The molecule has 0 unspecified atom stereocenters. The van der Waals surface area contributed by atoms with E-state index < -0.39 is 0 Å². The van der Waals surface area contributed by atoms with E-state index in [-0.39, 0.29) is 5.91 Å². The average Bonchev–Trinajstić information content (AvgIpc) is 3.20. The Morgan fingerprint density at radius 2 is 2.10 bits per heavy atom. The fourth-order valence-corrected chi connectivity index (χ4v) is 4.27. The fraction of sp³-hybridized carbons (Fsp3) is 0.348. The van der Waals surface area contributed by atoms with Crippen molar-refractivity contribution in [1.29, 1.82) is 0 Å². The molecule has 0 atom stereocenters. The summed E-state index contributed by atoms with van der Waals surface area (Å²) >= 11 is 1.59. The molecule has 3 aromatic heterocycles. The summed E-state index contributed by atoms with van der Waals surface area (Å²) < 4.78 is 0. The lowest BCUT2D eigenvalue weighted by molar-refractivity contribution is -0.127. The number of nitrogens with zero attached hydrogens (tertiary/aromatic N) is 5. The third-order valence-electron chi connectivity index (χ3n) is 5.44. The summed E-state index contributed by atoms with van der Waals surface area (Å²) in [6.45, 7) is 5.52. The lowest BCUT2D eigenvalue weighted by atomic mass is 9.92. The molecule has 8 heteroatoms. The number of carbonyl (C=O) groups is 1. The van der Waals surface area contributed by atoms with Gasteiger partial charge in [-0.05, 0) is 56.7 Å². The van der Waals surface area contributed by atoms with Crippen molar-refractivity contribution in [3.8, 4) is 0 Å². The molecule has 1 fully saturated rings. The van der Waals surface area contributed by atoms with Gasteiger partial charge in [0.25, 0.3) is 0 Å². The van der Waals surface area contributed by atoms with E-state index in [0.29, 0.717) is 5.92 Å². The van der Waals surface area contributed by atoms with Gasteiger partial charge < -0.3 is 10.2 Å². The maximum absolute atomic E-state index is 12.5. The van der Waals surface area contributed by atoms with Crippen LogP contribution >= 0.6 is 11.3 Å². The predicted molar refractivity (Wildman–Crippen MR) is 123 cm³/mol. The van der Waals surface area contributed by atoms with E-state index in [1.54, 1.807) is 36.0 Å². The van der Waals surface area contributed by atoms with Gasteiger partial charge in [0.1, 0.15) is 18.0 Å². The van der Waals surface area contributed by atoms with Crippen molar-refractivity contribution < 1.29 is 4.79 Å². The summed E-state index contributed by atoms with van der Waals surface area (Å²) in [4.78, 5) is 31.9. The summed E-state index contributed by atoms with van der Waals surface area (Å²) in [7, 11) is 0. The maximum atomic E-state index is 12.5. The molecule has 0 spiro atoms. The minimum Gasteiger partial charge on any atom is -0.339 e. The van der Waals surface area contributed by atoms with Gasteiger partial charge in [0.2, 0.25) is 5.91 Å². The van der Waals surface area contributed by atoms with Crippen LogP contribution in [0.1, 0.15) is 34.8 Å². The van der Waals surface area contributed by atoms with Gasteiger partial charge in [-0.25, -0.2) is 19.9 Å². The molecule has 0 radical (unpaired) electrons. The monoisotopic (exact) mass is 434 g/mol. The van der Waals surface area contributed by atoms with Crippen LogP contribution in [0, 0.1) is 19.8 Å². The molecule has 4 heterocycles. The Labute approximate surface area is 186 Å². The Bertz CT molecular complexity index is 1070. The van der Waals surface area contributed by atoms with Crippen LogP contribution in [0.15, 0.2) is 42.2 Å². The number of nitrogens with one attached hydrogen (secondary N) is 1. The number of anilines is 2. The van der Waals surface area contributed by atoms with Gasteiger partial charge >= 0.3 is 0 Å². The van der Waals surface area contributed by atoms with Gasteiger partial charge in [0.05, 0.1) is 10.7 Å². The molecule has 0 saturated carbocycles. The van der Waals surface area contributed by atoms with Crippen LogP contribution in [0.5, 0.6) is 0 Å². The number of aryl methyl sites for hydroxylation is 2. The minimum atomic E-state index is 0.0587. The first kappa shape index (κ1) is 21.1. The number of thiazole rings is 1. The number of likely N-dealkylation sites (tertiary alicyclic amines) is 1. The van der Waals surface area contributed by atoms with E-state index in [4.69, 9.17) is 0 Å². The first-order valence-corrected chi connectivity index (χ1v) is 11.3. The normalized spacial score (nSPS) is 14.8. The van der Waals surface area contributed by atoms with E-state index in [1.807, 2.05) is 42.3 Å². The summed E-state index contributed by atoms with van der Waals surface area (Å²) in [5.74, 6) is 2.12. The van der Waals surface area contributed by atoms with E-state index >= 15 is 0 Å². The van der Waals surface area contributed by atoms with Crippen molar-refractivity contribution >= 4 is 35.0 Å². The van der Waals surface area contributed by atoms with Crippen LogP contribution in [0.3, 0.4) is 0 Å². The average molecular weight is 435 g/mol. The highest BCUT2D eigenvalue weighted by Gasteiger charge is 2.22. The molecule has 1 aliphatic heterocycles. The molecule has 31 heavy (non-hydrogen) atoms. The quantitative estimate of drug-likeness (QED) is 0.586. The van der Waals surface area contributed by atoms with Crippen LogP contribution < -0.4 is 5.32 Å². The summed E-state index contributed by atoms with van der Waals surface area (Å²) in [5.41, 5.74) is 2.92. The van der Waals surface area contributed by atoms with Crippen LogP contribution in [-0.2, 0) is 11.2 Å². The second-order valence-electron chi connectivity index (χ2n) is 7.79. The van der Waals surface area contributed by atoms with E-state index in [9.17, 15) is 4.79 Å².